The molecule has 4 aromatic rings. The number of rotatable bonds is 4. The van der Waals surface area contributed by atoms with Gasteiger partial charge in [-0.15, -0.1) is 0 Å². The van der Waals surface area contributed by atoms with E-state index in [9.17, 15) is 18.0 Å². The molecule has 6 nitrogen and oxygen atoms in total. The van der Waals surface area contributed by atoms with Gasteiger partial charge < -0.3 is 4.52 Å². The predicted molar refractivity (Wildman–Crippen MR) is 99.6 cm³/mol. The van der Waals surface area contributed by atoms with Crippen LogP contribution < -0.4 is 5.56 Å². The molecule has 0 spiro atoms. The molecule has 0 saturated carbocycles. The van der Waals surface area contributed by atoms with Crippen LogP contribution in [0, 0.1) is 13.8 Å². The summed E-state index contributed by atoms with van der Waals surface area (Å²) in [6, 6.07) is 9.34. The SMILES string of the molecule is Cc1noc(C)c1CCc1cc(=O)n2[nH]c(C(F)(F)F)c(-c3ccccc3)c2n1. The number of nitrogens with zero attached hydrogens (tertiary/aromatic N) is 3. The lowest BCUT2D eigenvalue weighted by atomic mass is 10.0. The molecule has 1 aromatic carbocycles. The van der Waals surface area contributed by atoms with Crippen LogP contribution in [0.3, 0.4) is 0 Å². The zero-order valence-corrected chi connectivity index (χ0v) is 15.7. The van der Waals surface area contributed by atoms with Crippen molar-refractivity contribution in [1.29, 1.82) is 0 Å². The third-order valence-corrected chi connectivity index (χ3v) is 4.83. The van der Waals surface area contributed by atoms with Crippen molar-refractivity contribution in [3.05, 3.63) is 75.2 Å². The van der Waals surface area contributed by atoms with Crippen molar-refractivity contribution in [1.82, 2.24) is 19.8 Å². The van der Waals surface area contributed by atoms with Crippen molar-refractivity contribution in [2.24, 2.45) is 0 Å². The second kappa shape index (κ2) is 6.91. The lowest BCUT2D eigenvalue weighted by molar-refractivity contribution is -0.140. The van der Waals surface area contributed by atoms with Crippen LogP contribution in [0.2, 0.25) is 0 Å². The summed E-state index contributed by atoms with van der Waals surface area (Å²) in [4.78, 5) is 16.9. The lowest BCUT2D eigenvalue weighted by Gasteiger charge is -2.07. The summed E-state index contributed by atoms with van der Waals surface area (Å²) >= 11 is 0. The van der Waals surface area contributed by atoms with Gasteiger partial charge in [-0.2, -0.15) is 13.2 Å². The molecule has 4 rings (SSSR count). The van der Waals surface area contributed by atoms with Crippen LogP contribution in [0.15, 0.2) is 45.7 Å². The van der Waals surface area contributed by atoms with E-state index in [1.54, 1.807) is 37.3 Å². The van der Waals surface area contributed by atoms with E-state index in [0.717, 1.165) is 15.8 Å². The van der Waals surface area contributed by atoms with Gasteiger partial charge in [-0.05, 0) is 32.3 Å². The van der Waals surface area contributed by atoms with Gasteiger partial charge in [0.1, 0.15) is 11.5 Å². The van der Waals surface area contributed by atoms with Crippen molar-refractivity contribution < 1.29 is 17.7 Å². The molecule has 0 aliphatic carbocycles. The number of hydrogen-bond acceptors (Lipinski definition) is 4. The van der Waals surface area contributed by atoms with E-state index in [1.807, 2.05) is 6.92 Å². The Bertz CT molecular complexity index is 1220. The van der Waals surface area contributed by atoms with Gasteiger partial charge in [0.25, 0.3) is 5.56 Å². The number of halogens is 3. The lowest BCUT2D eigenvalue weighted by Crippen LogP contribution is -2.17. The van der Waals surface area contributed by atoms with E-state index in [0.29, 0.717) is 29.9 Å². The molecule has 3 heterocycles. The number of fused-ring (bicyclic) bond motifs is 1. The number of nitrogens with one attached hydrogen (secondary N) is 1. The van der Waals surface area contributed by atoms with Crippen molar-refractivity contribution in [3.63, 3.8) is 0 Å². The van der Waals surface area contributed by atoms with Crippen LogP contribution in [0.5, 0.6) is 0 Å². The Kier molecular flexibility index (Phi) is 4.52. The Balaban J connectivity index is 1.85. The summed E-state index contributed by atoms with van der Waals surface area (Å²) in [6.45, 7) is 3.60. The van der Waals surface area contributed by atoms with Crippen molar-refractivity contribution in [2.45, 2.75) is 32.9 Å². The standard InChI is InChI=1S/C20H17F3N4O2/c1-11-15(12(2)29-26-11)9-8-14-10-16(28)27-19(24-14)17(13-6-4-3-5-7-13)18(25-27)20(21,22)23/h3-7,10,25H,8-9H2,1-2H3. The summed E-state index contributed by atoms with van der Waals surface area (Å²) in [5.74, 6) is 0.672. The molecular formula is C20H17F3N4O2. The monoisotopic (exact) mass is 402 g/mol. The number of H-pyrrole nitrogens is 1. The molecule has 9 heteroatoms. The molecular weight excluding hydrogens is 385 g/mol. The normalized spacial score (nSPS) is 12.0. The van der Waals surface area contributed by atoms with Gasteiger partial charge in [-0.25, -0.2) is 9.50 Å². The summed E-state index contributed by atoms with van der Waals surface area (Å²) in [5.41, 5.74) is 0.576. The fourth-order valence-electron chi connectivity index (χ4n) is 3.41. The van der Waals surface area contributed by atoms with Gasteiger partial charge >= 0.3 is 6.18 Å². The third-order valence-electron chi connectivity index (χ3n) is 4.83. The zero-order valence-electron chi connectivity index (χ0n) is 15.7. The molecule has 0 aliphatic rings. The van der Waals surface area contributed by atoms with Gasteiger partial charge in [-0.1, -0.05) is 35.5 Å². The topological polar surface area (TPSA) is 76.2 Å². The van der Waals surface area contributed by atoms with Gasteiger partial charge in [0, 0.05) is 17.3 Å². The van der Waals surface area contributed by atoms with Gasteiger partial charge in [0.15, 0.2) is 5.65 Å². The minimum absolute atomic E-state index is 0.0511. The summed E-state index contributed by atoms with van der Waals surface area (Å²) in [7, 11) is 0. The smallest absolute Gasteiger partial charge is 0.361 e. The van der Waals surface area contributed by atoms with Crippen LogP contribution in [-0.2, 0) is 19.0 Å². The van der Waals surface area contributed by atoms with Crippen LogP contribution >= 0.6 is 0 Å². The molecule has 0 fully saturated rings. The van der Waals surface area contributed by atoms with E-state index >= 15 is 0 Å². The number of hydrogen-bond donors (Lipinski definition) is 1. The molecule has 150 valence electrons. The van der Waals surface area contributed by atoms with E-state index in [-0.39, 0.29) is 11.2 Å². The molecule has 1 N–H and O–H groups in total. The number of alkyl halides is 3. The van der Waals surface area contributed by atoms with E-state index in [2.05, 4.69) is 15.2 Å². The Morgan fingerprint density at radius 1 is 1.14 bits per heavy atom. The fraction of sp³-hybridized carbons (Fsp3) is 0.250. The molecule has 29 heavy (non-hydrogen) atoms. The first-order valence-electron chi connectivity index (χ1n) is 8.94. The first-order valence-corrected chi connectivity index (χ1v) is 8.94. The van der Waals surface area contributed by atoms with E-state index in [4.69, 9.17) is 4.52 Å². The average molecular weight is 402 g/mol. The number of benzene rings is 1. The number of aromatic nitrogens is 4. The molecule has 0 atom stereocenters. The van der Waals surface area contributed by atoms with Crippen LogP contribution in [0.4, 0.5) is 13.2 Å². The van der Waals surface area contributed by atoms with Crippen molar-refractivity contribution >= 4 is 5.65 Å². The maximum Gasteiger partial charge on any atom is 0.433 e. The molecule has 0 bridgehead atoms. The second-order valence-electron chi connectivity index (χ2n) is 6.77. The summed E-state index contributed by atoms with van der Waals surface area (Å²) in [5, 5.41) is 6.07. The second-order valence-corrected chi connectivity index (χ2v) is 6.77. The third kappa shape index (κ3) is 3.43. The van der Waals surface area contributed by atoms with Crippen LogP contribution in [-0.4, -0.2) is 19.8 Å². The maximum atomic E-state index is 13.6. The highest BCUT2D eigenvalue weighted by Crippen LogP contribution is 2.37. The minimum Gasteiger partial charge on any atom is -0.361 e. The number of aromatic amines is 1. The van der Waals surface area contributed by atoms with E-state index in [1.165, 1.54) is 6.07 Å². The van der Waals surface area contributed by atoms with Crippen molar-refractivity contribution in [3.8, 4) is 11.1 Å². The zero-order chi connectivity index (χ0) is 20.8. The fourth-order valence-corrected chi connectivity index (χ4v) is 3.41. The number of aryl methyl sites for hydroxylation is 3. The predicted octanol–water partition coefficient (Wildman–Crippen LogP) is 4.10. The molecule has 0 unspecified atom stereocenters. The Labute approximate surface area is 163 Å². The first-order chi connectivity index (χ1) is 13.8. The molecule has 0 saturated heterocycles. The molecule has 0 amide bonds. The van der Waals surface area contributed by atoms with E-state index < -0.39 is 17.4 Å². The first kappa shape index (κ1) is 19.0. The van der Waals surface area contributed by atoms with Gasteiger partial charge in [0.2, 0.25) is 0 Å². The van der Waals surface area contributed by atoms with Gasteiger partial charge in [0.05, 0.1) is 11.3 Å². The van der Waals surface area contributed by atoms with Crippen LogP contribution in [0.1, 0.15) is 28.4 Å². The Morgan fingerprint density at radius 3 is 2.48 bits per heavy atom. The quantitative estimate of drug-likeness (QED) is 0.558. The maximum absolute atomic E-state index is 13.6. The molecule has 0 radical (unpaired) electrons. The highest BCUT2D eigenvalue weighted by Gasteiger charge is 2.38. The molecule has 3 aromatic heterocycles. The van der Waals surface area contributed by atoms with Crippen molar-refractivity contribution in [2.75, 3.05) is 0 Å². The largest absolute Gasteiger partial charge is 0.433 e. The summed E-state index contributed by atoms with van der Waals surface area (Å²) < 4.78 is 46.9. The Hall–Kier alpha value is -3.36. The minimum atomic E-state index is -4.66. The Morgan fingerprint density at radius 2 is 1.86 bits per heavy atom. The highest BCUT2D eigenvalue weighted by atomic mass is 19.4. The van der Waals surface area contributed by atoms with Gasteiger partial charge in [-0.3, -0.25) is 9.89 Å². The summed E-state index contributed by atoms with van der Waals surface area (Å²) in [6.07, 6.45) is -3.78. The average Bonchev–Trinajstić information content (AvgIpc) is 3.21. The highest BCUT2D eigenvalue weighted by molar-refractivity contribution is 5.80. The van der Waals surface area contributed by atoms with Crippen LogP contribution in [0.25, 0.3) is 16.8 Å². The molecule has 0 aliphatic heterocycles.